The maximum absolute atomic E-state index is 11.7. The highest BCUT2D eigenvalue weighted by atomic mass is 31.1. The molecule has 0 heterocycles. The third-order valence-electron chi connectivity index (χ3n) is 3.75. The Kier molecular flexibility index (Phi) is 14.1. The van der Waals surface area contributed by atoms with Gasteiger partial charge in [0.2, 0.25) is 5.91 Å². The van der Waals surface area contributed by atoms with Crippen LogP contribution in [0.25, 0.3) is 0 Å². The largest absolute Gasteiger partial charge is 0.508 e. The minimum atomic E-state index is -1.48. The molecule has 1 unspecified atom stereocenters. The highest BCUT2D eigenvalue weighted by Gasteiger charge is 2.18. The van der Waals surface area contributed by atoms with Gasteiger partial charge in [-0.3, -0.25) is 4.79 Å². The molecule has 0 aromatic heterocycles. The summed E-state index contributed by atoms with van der Waals surface area (Å²) in [7, 11) is 4.84. The summed E-state index contributed by atoms with van der Waals surface area (Å²) in [6, 6.07) is 0. The summed E-state index contributed by atoms with van der Waals surface area (Å²) >= 11 is 0. The third kappa shape index (κ3) is 17.6. The van der Waals surface area contributed by atoms with E-state index in [1.165, 1.54) is 31.8 Å². The summed E-state index contributed by atoms with van der Waals surface area (Å²) in [6.07, 6.45) is 11.2. The number of unbranched alkanes of at least 4 members (excludes halogenated alkanes) is 7. The van der Waals surface area contributed by atoms with Gasteiger partial charge in [-0.1, -0.05) is 38.7 Å². The average molecular weight is 360 g/mol. The Morgan fingerprint density at radius 2 is 1.58 bits per heavy atom. The fourth-order valence-electron chi connectivity index (χ4n) is 2.19. The van der Waals surface area contributed by atoms with Crippen LogP contribution < -0.4 is 5.32 Å². The quantitative estimate of drug-likeness (QED) is 0.197. The van der Waals surface area contributed by atoms with Gasteiger partial charge in [-0.25, -0.2) is 0 Å². The second-order valence-corrected chi connectivity index (χ2v) is 8.60. The molecule has 0 aliphatic rings. The van der Waals surface area contributed by atoms with E-state index in [2.05, 4.69) is 33.0 Å². The van der Waals surface area contributed by atoms with Gasteiger partial charge < -0.3 is 9.80 Å². The standard InChI is InChI=1S/C18H36N2O3P/c1-5-18(21)19-14-12-10-8-6-7-9-11-13-17-24(22)23-16-15-20(2,3)4/h5H,1,6-17H2,2-4H3/q+1/p+1. The fraction of sp³-hybridized carbons (Fsp3) is 0.833. The Bertz CT molecular complexity index is 368. The molecule has 0 aromatic rings. The number of amides is 1. The molecule has 24 heavy (non-hydrogen) atoms. The van der Waals surface area contributed by atoms with E-state index in [1.807, 2.05) is 0 Å². The number of carbonyl (C=O) groups excluding carboxylic acids is 1. The molecule has 0 saturated heterocycles. The molecule has 1 amide bonds. The molecule has 0 rings (SSSR count). The lowest BCUT2D eigenvalue weighted by Gasteiger charge is -2.21. The van der Waals surface area contributed by atoms with Gasteiger partial charge in [0, 0.05) is 6.54 Å². The summed E-state index contributed by atoms with van der Waals surface area (Å²) in [4.78, 5) is 10.9. The van der Waals surface area contributed by atoms with Crippen molar-refractivity contribution in [2.24, 2.45) is 0 Å². The molecule has 0 aliphatic carbocycles. The van der Waals surface area contributed by atoms with Gasteiger partial charge in [0.05, 0.1) is 21.1 Å². The number of quaternary nitrogens is 1. The molecule has 5 nitrogen and oxygen atoms in total. The Hall–Kier alpha value is -0.770. The number of hydrogen-bond acceptors (Lipinski definition) is 3. The van der Waals surface area contributed by atoms with Crippen molar-refractivity contribution in [1.82, 2.24) is 5.32 Å². The van der Waals surface area contributed by atoms with E-state index in [-0.39, 0.29) is 5.91 Å². The van der Waals surface area contributed by atoms with E-state index in [0.29, 0.717) is 12.8 Å². The molecule has 0 bridgehead atoms. The highest BCUT2D eigenvalue weighted by molar-refractivity contribution is 7.39. The molecule has 0 aromatic carbocycles. The summed E-state index contributed by atoms with van der Waals surface area (Å²) in [5.74, 6) is -0.0882. The molecule has 140 valence electrons. The van der Waals surface area contributed by atoms with E-state index < -0.39 is 8.03 Å². The molecule has 0 fully saturated rings. The summed E-state index contributed by atoms with van der Waals surface area (Å²) in [6.45, 7) is 5.63. The maximum Gasteiger partial charge on any atom is 0.508 e. The van der Waals surface area contributed by atoms with Crippen molar-refractivity contribution < 1.29 is 18.4 Å². The topological polar surface area (TPSA) is 55.4 Å². The van der Waals surface area contributed by atoms with Crippen molar-refractivity contribution in [3.8, 4) is 0 Å². The molecular formula is C18H37N2O3P+2. The Morgan fingerprint density at radius 3 is 2.12 bits per heavy atom. The second kappa shape index (κ2) is 14.6. The molecule has 1 atom stereocenters. The molecular weight excluding hydrogens is 323 g/mol. The van der Waals surface area contributed by atoms with Crippen LogP contribution in [0.1, 0.15) is 51.4 Å². The van der Waals surface area contributed by atoms with Crippen LogP contribution in [0.4, 0.5) is 0 Å². The van der Waals surface area contributed by atoms with Crippen molar-refractivity contribution in [1.29, 1.82) is 0 Å². The Morgan fingerprint density at radius 1 is 1.04 bits per heavy atom. The Balaban J connectivity index is 3.26. The number of likely N-dealkylation sites (N-methyl/N-ethyl adjacent to an activating group) is 1. The first-order valence-electron chi connectivity index (χ1n) is 9.13. The number of hydrogen-bond donors (Lipinski definition) is 1. The lowest BCUT2D eigenvalue weighted by molar-refractivity contribution is -0.870. The maximum atomic E-state index is 11.7. The van der Waals surface area contributed by atoms with Crippen molar-refractivity contribution in [3.05, 3.63) is 12.7 Å². The molecule has 0 spiro atoms. The van der Waals surface area contributed by atoms with Crippen LogP contribution in [-0.4, -0.2) is 57.4 Å². The fourth-order valence-corrected chi connectivity index (χ4v) is 3.09. The van der Waals surface area contributed by atoms with Gasteiger partial charge in [0.1, 0.15) is 6.54 Å². The second-order valence-electron chi connectivity index (χ2n) is 7.23. The van der Waals surface area contributed by atoms with E-state index in [0.717, 1.165) is 43.3 Å². The van der Waals surface area contributed by atoms with Crippen LogP contribution in [-0.2, 0) is 13.9 Å². The third-order valence-corrected chi connectivity index (χ3v) is 4.90. The lowest BCUT2D eigenvalue weighted by Crippen LogP contribution is -2.37. The van der Waals surface area contributed by atoms with Gasteiger partial charge in [-0.2, -0.15) is 0 Å². The zero-order valence-corrected chi connectivity index (χ0v) is 16.8. The summed E-state index contributed by atoms with van der Waals surface area (Å²) in [5.41, 5.74) is 0. The van der Waals surface area contributed by atoms with Crippen LogP contribution in [0.2, 0.25) is 0 Å². The van der Waals surface area contributed by atoms with Crippen LogP contribution in [0.3, 0.4) is 0 Å². The van der Waals surface area contributed by atoms with E-state index in [9.17, 15) is 9.36 Å². The van der Waals surface area contributed by atoms with Crippen LogP contribution in [0, 0.1) is 0 Å². The van der Waals surface area contributed by atoms with Crippen molar-refractivity contribution >= 4 is 13.9 Å². The molecule has 0 saturated carbocycles. The van der Waals surface area contributed by atoms with Gasteiger partial charge >= 0.3 is 8.03 Å². The first-order chi connectivity index (χ1) is 11.3. The number of rotatable bonds is 16. The highest BCUT2D eigenvalue weighted by Crippen LogP contribution is 2.24. The summed E-state index contributed by atoms with van der Waals surface area (Å²) in [5, 5.41) is 2.79. The van der Waals surface area contributed by atoms with E-state index in [4.69, 9.17) is 4.52 Å². The van der Waals surface area contributed by atoms with Crippen molar-refractivity contribution in [2.75, 3.05) is 47.0 Å². The van der Waals surface area contributed by atoms with Gasteiger partial charge in [-0.15, -0.1) is 4.52 Å². The normalized spacial score (nSPS) is 12.0. The summed E-state index contributed by atoms with van der Waals surface area (Å²) < 4.78 is 17.9. The first-order valence-corrected chi connectivity index (χ1v) is 10.5. The zero-order chi connectivity index (χ0) is 18.3. The van der Waals surface area contributed by atoms with E-state index >= 15 is 0 Å². The molecule has 6 heteroatoms. The van der Waals surface area contributed by atoms with Crippen LogP contribution in [0.15, 0.2) is 12.7 Å². The van der Waals surface area contributed by atoms with Gasteiger partial charge in [0.15, 0.2) is 12.8 Å². The van der Waals surface area contributed by atoms with Crippen molar-refractivity contribution in [2.45, 2.75) is 51.4 Å². The molecule has 0 radical (unpaired) electrons. The Labute approximate surface area is 149 Å². The lowest BCUT2D eigenvalue weighted by atomic mass is 10.1. The minimum absolute atomic E-state index is 0.0882. The van der Waals surface area contributed by atoms with Crippen LogP contribution >= 0.6 is 8.03 Å². The number of carbonyl (C=O) groups is 1. The van der Waals surface area contributed by atoms with Gasteiger partial charge in [-0.05, 0) is 29.9 Å². The predicted molar refractivity (Wildman–Crippen MR) is 101 cm³/mol. The SMILES string of the molecule is C=CC(=O)NCCCCCCCCCC[P+](=O)OCC[N+](C)(C)C. The first kappa shape index (κ1) is 23.2. The van der Waals surface area contributed by atoms with E-state index in [1.54, 1.807) is 0 Å². The predicted octanol–water partition coefficient (Wildman–Crippen LogP) is 3.87. The molecule has 0 aliphatic heterocycles. The number of nitrogens with one attached hydrogen (secondary N) is 1. The average Bonchev–Trinajstić information content (AvgIpc) is 2.51. The van der Waals surface area contributed by atoms with Crippen LogP contribution in [0.5, 0.6) is 0 Å². The monoisotopic (exact) mass is 360 g/mol. The number of nitrogens with zero attached hydrogens (tertiary/aromatic N) is 1. The van der Waals surface area contributed by atoms with Crippen molar-refractivity contribution in [3.63, 3.8) is 0 Å². The smallest absolute Gasteiger partial charge is 0.353 e. The minimum Gasteiger partial charge on any atom is -0.353 e. The zero-order valence-electron chi connectivity index (χ0n) is 15.9. The molecule has 1 N–H and O–H groups in total. The van der Waals surface area contributed by atoms with Gasteiger partial charge in [0.25, 0.3) is 0 Å².